The van der Waals surface area contributed by atoms with Crippen molar-refractivity contribution in [3.8, 4) is 0 Å². The Hall–Kier alpha value is -2.41. The number of hydrogen-bond donors (Lipinski definition) is 2. The molecule has 0 saturated heterocycles. The smallest absolute Gasteiger partial charge is 0.339 e. The predicted octanol–water partition coefficient (Wildman–Crippen LogP) is 2.65. The van der Waals surface area contributed by atoms with Gasteiger partial charge in [-0.3, -0.25) is 4.68 Å². The van der Waals surface area contributed by atoms with Crippen LogP contribution in [-0.4, -0.2) is 25.8 Å². The summed E-state index contributed by atoms with van der Waals surface area (Å²) in [6.45, 7) is 2.43. The van der Waals surface area contributed by atoms with Gasteiger partial charge in [0.1, 0.15) is 5.56 Å². The summed E-state index contributed by atoms with van der Waals surface area (Å²) in [6, 6.07) is 3.98. The average molecular weight is 302 g/mol. The van der Waals surface area contributed by atoms with E-state index in [2.05, 4.69) is 15.4 Å². The lowest BCUT2D eigenvalue weighted by Gasteiger charge is -2.10. The quantitative estimate of drug-likeness (QED) is 0.774. The standard InChI is InChI=1S/C14H14N4O2S/c1-8-11-12(15-6-9-4-3-5-21-9)10(14(19)20)7-16-13(11)18(2)17-8/h3-5,7H,6H2,1-2H3,(H,15,16)(H,19,20). The van der Waals surface area contributed by atoms with E-state index in [9.17, 15) is 9.90 Å². The van der Waals surface area contributed by atoms with Crippen LogP contribution in [0.3, 0.4) is 0 Å². The molecule has 108 valence electrons. The number of anilines is 1. The number of rotatable bonds is 4. The first kappa shape index (κ1) is 13.6. The number of nitrogens with zero attached hydrogens (tertiary/aromatic N) is 3. The largest absolute Gasteiger partial charge is 0.478 e. The van der Waals surface area contributed by atoms with Gasteiger partial charge in [0.15, 0.2) is 5.65 Å². The topological polar surface area (TPSA) is 80.0 Å². The number of thiophene rings is 1. The molecule has 21 heavy (non-hydrogen) atoms. The third-order valence-corrected chi connectivity index (χ3v) is 4.15. The summed E-state index contributed by atoms with van der Waals surface area (Å²) in [5, 5.41) is 19.7. The zero-order chi connectivity index (χ0) is 15.0. The maximum absolute atomic E-state index is 11.4. The first-order valence-electron chi connectivity index (χ1n) is 6.39. The molecule has 7 heteroatoms. The SMILES string of the molecule is Cc1nn(C)c2ncc(C(=O)O)c(NCc3cccs3)c12. The molecule has 6 nitrogen and oxygen atoms in total. The minimum Gasteiger partial charge on any atom is -0.478 e. The molecule has 0 unspecified atom stereocenters. The predicted molar refractivity (Wildman–Crippen MR) is 81.9 cm³/mol. The Morgan fingerprint density at radius 2 is 2.33 bits per heavy atom. The Morgan fingerprint density at radius 3 is 3.00 bits per heavy atom. The number of aromatic carboxylic acids is 1. The monoisotopic (exact) mass is 302 g/mol. The molecule has 3 heterocycles. The van der Waals surface area contributed by atoms with E-state index in [1.54, 1.807) is 23.1 Å². The summed E-state index contributed by atoms with van der Waals surface area (Å²) in [6.07, 6.45) is 1.38. The molecule has 0 fully saturated rings. The molecule has 0 saturated carbocycles. The Labute approximate surface area is 125 Å². The van der Waals surface area contributed by atoms with Crippen LogP contribution >= 0.6 is 11.3 Å². The second-order valence-corrected chi connectivity index (χ2v) is 5.72. The van der Waals surface area contributed by atoms with Gasteiger partial charge >= 0.3 is 5.97 Å². The van der Waals surface area contributed by atoms with Gasteiger partial charge in [-0.2, -0.15) is 5.10 Å². The second kappa shape index (κ2) is 5.17. The highest BCUT2D eigenvalue weighted by Gasteiger charge is 2.19. The van der Waals surface area contributed by atoms with Crippen LogP contribution in [-0.2, 0) is 13.6 Å². The van der Waals surface area contributed by atoms with Gasteiger partial charge < -0.3 is 10.4 Å². The number of hydrogen-bond acceptors (Lipinski definition) is 5. The summed E-state index contributed by atoms with van der Waals surface area (Å²) in [5.74, 6) is -0.999. The zero-order valence-corrected chi connectivity index (χ0v) is 12.4. The van der Waals surface area contributed by atoms with Crippen LogP contribution in [0.5, 0.6) is 0 Å². The van der Waals surface area contributed by atoms with E-state index in [1.165, 1.54) is 6.20 Å². The van der Waals surface area contributed by atoms with Crippen molar-refractivity contribution in [1.29, 1.82) is 0 Å². The van der Waals surface area contributed by atoms with E-state index >= 15 is 0 Å². The summed E-state index contributed by atoms with van der Waals surface area (Å²) in [4.78, 5) is 16.8. The van der Waals surface area contributed by atoms with Crippen LogP contribution in [0.4, 0.5) is 5.69 Å². The summed E-state index contributed by atoms with van der Waals surface area (Å²) >= 11 is 1.62. The summed E-state index contributed by atoms with van der Waals surface area (Å²) < 4.78 is 1.66. The van der Waals surface area contributed by atoms with Gasteiger partial charge in [-0.25, -0.2) is 9.78 Å². The maximum atomic E-state index is 11.4. The maximum Gasteiger partial charge on any atom is 0.339 e. The van der Waals surface area contributed by atoms with Gasteiger partial charge in [-0.1, -0.05) is 6.07 Å². The van der Waals surface area contributed by atoms with Gasteiger partial charge in [-0.05, 0) is 18.4 Å². The molecule has 2 N–H and O–H groups in total. The number of fused-ring (bicyclic) bond motifs is 1. The molecule has 0 amide bonds. The van der Waals surface area contributed by atoms with Crippen molar-refractivity contribution >= 4 is 34.0 Å². The van der Waals surface area contributed by atoms with Crippen LogP contribution in [0.15, 0.2) is 23.7 Å². The molecule has 0 aliphatic rings. The van der Waals surface area contributed by atoms with E-state index < -0.39 is 5.97 Å². The minimum atomic E-state index is -0.999. The van der Waals surface area contributed by atoms with Crippen molar-refractivity contribution in [3.63, 3.8) is 0 Å². The molecule has 0 aliphatic heterocycles. The minimum absolute atomic E-state index is 0.162. The van der Waals surface area contributed by atoms with Crippen LogP contribution in [0.25, 0.3) is 11.0 Å². The van der Waals surface area contributed by atoms with Crippen molar-refractivity contribution in [2.75, 3.05) is 5.32 Å². The number of carbonyl (C=O) groups is 1. The number of nitrogens with one attached hydrogen (secondary N) is 1. The molecule has 3 rings (SSSR count). The second-order valence-electron chi connectivity index (χ2n) is 4.69. The molecular weight excluding hydrogens is 288 g/mol. The first-order chi connectivity index (χ1) is 10.1. The van der Waals surface area contributed by atoms with Crippen LogP contribution in [0.2, 0.25) is 0 Å². The fourth-order valence-electron chi connectivity index (χ4n) is 2.35. The number of carboxylic acids is 1. The van der Waals surface area contributed by atoms with Crippen LogP contribution in [0, 0.1) is 6.92 Å². The Balaban J connectivity index is 2.12. The number of pyridine rings is 1. The van der Waals surface area contributed by atoms with Crippen molar-refractivity contribution in [1.82, 2.24) is 14.8 Å². The van der Waals surface area contributed by atoms with E-state index in [4.69, 9.17) is 0 Å². The van der Waals surface area contributed by atoms with E-state index in [0.717, 1.165) is 16.0 Å². The summed E-state index contributed by atoms with van der Waals surface area (Å²) in [5.41, 5.74) is 2.17. The highest BCUT2D eigenvalue weighted by Crippen LogP contribution is 2.29. The van der Waals surface area contributed by atoms with Gasteiger partial charge in [0.2, 0.25) is 0 Å². The van der Waals surface area contributed by atoms with Crippen molar-refractivity contribution in [2.24, 2.45) is 7.05 Å². The number of aromatic nitrogens is 3. The Bertz CT molecular complexity index is 808. The molecule has 0 aromatic carbocycles. The normalized spacial score (nSPS) is 11.0. The third-order valence-electron chi connectivity index (χ3n) is 3.28. The van der Waals surface area contributed by atoms with Crippen molar-refractivity contribution in [2.45, 2.75) is 13.5 Å². The Morgan fingerprint density at radius 1 is 1.52 bits per heavy atom. The molecule has 0 bridgehead atoms. The van der Waals surface area contributed by atoms with Gasteiger partial charge in [0.25, 0.3) is 0 Å². The molecule has 3 aromatic rings. The number of aryl methyl sites for hydroxylation is 2. The van der Waals surface area contributed by atoms with Gasteiger partial charge in [-0.15, -0.1) is 11.3 Å². The highest BCUT2D eigenvalue weighted by atomic mass is 32.1. The number of carboxylic acid groups (broad SMARTS) is 1. The highest BCUT2D eigenvalue weighted by molar-refractivity contribution is 7.09. The molecule has 0 aliphatic carbocycles. The fourth-order valence-corrected chi connectivity index (χ4v) is 2.99. The summed E-state index contributed by atoms with van der Waals surface area (Å²) in [7, 11) is 1.80. The third kappa shape index (κ3) is 2.36. The lowest BCUT2D eigenvalue weighted by atomic mass is 10.1. The van der Waals surface area contributed by atoms with Crippen LogP contribution in [0.1, 0.15) is 20.9 Å². The molecule has 0 spiro atoms. The van der Waals surface area contributed by atoms with Gasteiger partial charge in [0, 0.05) is 24.7 Å². The average Bonchev–Trinajstić information content (AvgIpc) is 3.05. The van der Waals surface area contributed by atoms with E-state index in [-0.39, 0.29) is 5.56 Å². The van der Waals surface area contributed by atoms with Gasteiger partial charge in [0.05, 0.1) is 16.8 Å². The lowest BCUT2D eigenvalue weighted by molar-refractivity contribution is 0.0697. The van der Waals surface area contributed by atoms with Crippen LogP contribution < -0.4 is 5.32 Å². The van der Waals surface area contributed by atoms with Crippen molar-refractivity contribution in [3.05, 3.63) is 39.8 Å². The zero-order valence-electron chi connectivity index (χ0n) is 11.6. The fraction of sp³-hybridized carbons (Fsp3) is 0.214. The van der Waals surface area contributed by atoms with Crippen molar-refractivity contribution < 1.29 is 9.90 Å². The molecule has 0 radical (unpaired) electrons. The molecule has 3 aromatic heterocycles. The van der Waals surface area contributed by atoms with E-state index in [1.807, 2.05) is 24.4 Å². The molecule has 0 atom stereocenters. The first-order valence-corrected chi connectivity index (χ1v) is 7.27. The Kier molecular flexibility index (Phi) is 3.34. The molecular formula is C14H14N4O2S. The lowest BCUT2D eigenvalue weighted by Crippen LogP contribution is -2.07. The van der Waals surface area contributed by atoms with E-state index in [0.29, 0.717) is 17.9 Å².